The summed E-state index contributed by atoms with van der Waals surface area (Å²) < 4.78 is 10.5. The zero-order valence-corrected chi connectivity index (χ0v) is 15.8. The van der Waals surface area contributed by atoms with E-state index in [2.05, 4.69) is 10.3 Å². The van der Waals surface area contributed by atoms with Crippen molar-refractivity contribution in [3.8, 4) is 11.5 Å². The third-order valence-electron chi connectivity index (χ3n) is 4.19. The van der Waals surface area contributed by atoms with Crippen LogP contribution >= 0.6 is 11.3 Å². The fourth-order valence-corrected chi connectivity index (χ4v) is 3.87. The Balaban J connectivity index is 1.68. The van der Waals surface area contributed by atoms with Gasteiger partial charge in [0.25, 0.3) is 5.91 Å². The Morgan fingerprint density at radius 2 is 2.00 bits per heavy atom. The lowest BCUT2D eigenvalue weighted by Gasteiger charge is -2.10. The quantitative estimate of drug-likeness (QED) is 0.695. The maximum atomic E-state index is 12.5. The highest BCUT2D eigenvalue weighted by molar-refractivity contribution is 7.21. The van der Waals surface area contributed by atoms with Crippen LogP contribution < -0.4 is 20.5 Å². The summed E-state index contributed by atoms with van der Waals surface area (Å²) in [6, 6.07) is 7.61. The summed E-state index contributed by atoms with van der Waals surface area (Å²) in [4.78, 5) is 18.1. The summed E-state index contributed by atoms with van der Waals surface area (Å²) in [5, 5.41) is 3.79. The summed E-state index contributed by atoms with van der Waals surface area (Å²) in [5.41, 5.74) is 8.74. The Hall–Kier alpha value is -2.80. The number of pyridine rings is 1. The minimum absolute atomic E-state index is 0.176. The minimum Gasteiger partial charge on any atom is -0.493 e. The SMILES string of the molecule is COc1ccc(CCNC(=O)c2sc3nccc(C)c3c2N)cc1OC. The first-order valence-corrected chi connectivity index (χ1v) is 8.99. The van der Waals surface area contributed by atoms with E-state index in [4.69, 9.17) is 15.2 Å². The van der Waals surface area contributed by atoms with Gasteiger partial charge in [-0.15, -0.1) is 11.3 Å². The Kier molecular flexibility index (Phi) is 5.27. The van der Waals surface area contributed by atoms with Crippen molar-refractivity contribution in [3.05, 3.63) is 46.5 Å². The van der Waals surface area contributed by atoms with Crippen LogP contribution in [0.15, 0.2) is 30.5 Å². The van der Waals surface area contributed by atoms with Gasteiger partial charge in [-0.25, -0.2) is 4.98 Å². The van der Waals surface area contributed by atoms with E-state index >= 15 is 0 Å². The first-order valence-electron chi connectivity index (χ1n) is 8.17. The second kappa shape index (κ2) is 7.61. The fourth-order valence-electron chi connectivity index (χ4n) is 2.81. The molecule has 3 aromatic rings. The smallest absolute Gasteiger partial charge is 0.263 e. The van der Waals surface area contributed by atoms with Crippen LogP contribution in [0.1, 0.15) is 20.8 Å². The van der Waals surface area contributed by atoms with Crippen LogP contribution in [0, 0.1) is 6.92 Å². The van der Waals surface area contributed by atoms with E-state index in [1.807, 2.05) is 31.2 Å². The minimum atomic E-state index is -0.176. The Labute approximate surface area is 155 Å². The Bertz CT molecular complexity index is 953. The average Bonchev–Trinajstić information content (AvgIpc) is 2.99. The third-order valence-corrected chi connectivity index (χ3v) is 5.30. The number of aryl methyl sites for hydroxylation is 1. The molecule has 0 unspecified atom stereocenters. The number of nitrogens with two attached hydrogens (primary N) is 1. The topological polar surface area (TPSA) is 86.5 Å². The van der Waals surface area contributed by atoms with Gasteiger partial charge in [-0.2, -0.15) is 0 Å². The number of methoxy groups -OCH3 is 2. The largest absolute Gasteiger partial charge is 0.493 e. The molecular weight excluding hydrogens is 350 g/mol. The maximum absolute atomic E-state index is 12.5. The van der Waals surface area contributed by atoms with E-state index in [1.54, 1.807) is 20.4 Å². The molecule has 0 bridgehead atoms. The van der Waals surface area contributed by atoms with E-state index in [0.29, 0.717) is 35.0 Å². The van der Waals surface area contributed by atoms with E-state index in [-0.39, 0.29) is 5.91 Å². The molecular formula is C19H21N3O3S. The predicted molar refractivity (Wildman–Crippen MR) is 104 cm³/mol. The molecule has 0 aliphatic heterocycles. The molecule has 3 rings (SSSR count). The molecule has 1 aromatic carbocycles. The van der Waals surface area contributed by atoms with Crippen LogP contribution in [0.25, 0.3) is 10.2 Å². The van der Waals surface area contributed by atoms with Crippen molar-refractivity contribution < 1.29 is 14.3 Å². The number of hydrogen-bond donors (Lipinski definition) is 2. The first kappa shape index (κ1) is 18.0. The van der Waals surface area contributed by atoms with Crippen LogP contribution in [-0.2, 0) is 6.42 Å². The molecule has 0 atom stereocenters. The molecule has 0 aliphatic rings. The van der Waals surface area contributed by atoms with Crippen molar-refractivity contribution in [2.75, 3.05) is 26.5 Å². The normalized spacial score (nSPS) is 10.7. The summed E-state index contributed by atoms with van der Waals surface area (Å²) >= 11 is 1.32. The van der Waals surface area contributed by atoms with Gasteiger partial charge in [0.15, 0.2) is 11.5 Å². The number of nitrogens with one attached hydrogen (secondary N) is 1. The molecule has 7 heteroatoms. The van der Waals surface area contributed by atoms with Crippen molar-refractivity contribution >= 4 is 33.1 Å². The van der Waals surface area contributed by atoms with E-state index in [1.165, 1.54) is 11.3 Å². The second-order valence-electron chi connectivity index (χ2n) is 5.85. The van der Waals surface area contributed by atoms with Gasteiger partial charge in [0.2, 0.25) is 0 Å². The number of aromatic nitrogens is 1. The van der Waals surface area contributed by atoms with Crippen LogP contribution in [0.4, 0.5) is 5.69 Å². The number of rotatable bonds is 6. The van der Waals surface area contributed by atoms with Crippen molar-refractivity contribution in [1.82, 2.24) is 10.3 Å². The molecule has 0 spiro atoms. The Morgan fingerprint density at radius 1 is 1.23 bits per heavy atom. The molecule has 2 aromatic heterocycles. The number of anilines is 1. The molecule has 0 saturated carbocycles. The number of hydrogen-bond acceptors (Lipinski definition) is 6. The monoisotopic (exact) mass is 371 g/mol. The zero-order valence-electron chi connectivity index (χ0n) is 15.0. The van der Waals surface area contributed by atoms with Gasteiger partial charge in [0.05, 0.1) is 19.9 Å². The number of thiophene rings is 1. The lowest BCUT2D eigenvalue weighted by atomic mass is 10.1. The number of ether oxygens (including phenoxy) is 2. The number of nitrogen functional groups attached to an aromatic ring is 1. The Morgan fingerprint density at radius 3 is 2.69 bits per heavy atom. The average molecular weight is 371 g/mol. The van der Waals surface area contributed by atoms with Crippen LogP contribution in [0.3, 0.4) is 0 Å². The lowest BCUT2D eigenvalue weighted by molar-refractivity contribution is 0.0959. The van der Waals surface area contributed by atoms with Crippen LogP contribution in [0.5, 0.6) is 11.5 Å². The summed E-state index contributed by atoms with van der Waals surface area (Å²) in [6.07, 6.45) is 2.40. The molecule has 0 radical (unpaired) electrons. The number of amides is 1. The standard InChI is InChI=1S/C19H21N3O3S/c1-11-6-8-22-19-15(11)16(20)17(26-19)18(23)21-9-7-12-4-5-13(24-2)14(10-12)25-3/h4-6,8,10H,7,9,20H2,1-3H3,(H,21,23). The second-order valence-corrected chi connectivity index (χ2v) is 6.85. The van der Waals surface area contributed by atoms with Gasteiger partial charge >= 0.3 is 0 Å². The number of fused-ring (bicyclic) bond motifs is 1. The zero-order chi connectivity index (χ0) is 18.7. The predicted octanol–water partition coefficient (Wildman–Crippen LogP) is 3.18. The van der Waals surface area contributed by atoms with Crippen molar-refractivity contribution in [2.24, 2.45) is 0 Å². The number of carbonyl (C=O) groups excluding carboxylic acids is 1. The van der Waals surface area contributed by atoms with Gasteiger partial charge in [0.1, 0.15) is 9.71 Å². The molecule has 136 valence electrons. The van der Waals surface area contributed by atoms with Crippen molar-refractivity contribution in [3.63, 3.8) is 0 Å². The molecule has 3 N–H and O–H groups in total. The molecule has 0 saturated heterocycles. The van der Waals surface area contributed by atoms with Crippen molar-refractivity contribution in [1.29, 1.82) is 0 Å². The van der Waals surface area contributed by atoms with Gasteiger partial charge in [-0.3, -0.25) is 4.79 Å². The highest BCUT2D eigenvalue weighted by atomic mass is 32.1. The maximum Gasteiger partial charge on any atom is 0.263 e. The molecule has 2 heterocycles. The van der Waals surface area contributed by atoms with Crippen molar-refractivity contribution in [2.45, 2.75) is 13.3 Å². The third kappa shape index (κ3) is 3.43. The lowest BCUT2D eigenvalue weighted by Crippen LogP contribution is -2.25. The number of carbonyl (C=O) groups is 1. The molecule has 1 amide bonds. The van der Waals surface area contributed by atoms with E-state index < -0.39 is 0 Å². The molecule has 0 aliphatic carbocycles. The molecule has 6 nitrogen and oxygen atoms in total. The van der Waals surface area contributed by atoms with Gasteiger partial charge < -0.3 is 20.5 Å². The fraction of sp³-hybridized carbons (Fsp3) is 0.263. The highest BCUT2D eigenvalue weighted by Gasteiger charge is 2.18. The van der Waals surface area contributed by atoms with Crippen LogP contribution in [-0.4, -0.2) is 31.7 Å². The molecule has 26 heavy (non-hydrogen) atoms. The van der Waals surface area contributed by atoms with Crippen LogP contribution in [0.2, 0.25) is 0 Å². The van der Waals surface area contributed by atoms with E-state index in [0.717, 1.165) is 21.3 Å². The summed E-state index contributed by atoms with van der Waals surface area (Å²) in [6.45, 7) is 2.46. The number of benzene rings is 1. The van der Waals surface area contributed by atoms with E-state index in [9.17, 15) is 4.79 Å². The van der Waals surface area contributed by atoms with Gasteiger partial charge in [-0.05, 0) is 42.7 Å². The van der Waals surface area contributed by atoms with Gasteiger partial charge in [-0.1, -0.05) is 6.07 Å². The highest BCUT2D eigenvalue weighted by Crippen LogP contribution is 2.34. The summed E-state index contributed by atoms with van der Waals surface area (Å²) in [7, 11) is 3.20. The molecule has 0 fully saturated rings. The number of nitrogens with zero attached hydrogens (tertiary/aromatic N) is 1. The van der Waals surface area contributed by atoms with Gasteiger partial charge in [0, 0.05) is 18.1 Å². The summed E-state index contributed by atoms with van der Waals surface area (Å²) in [5.74, 6) is 1.18. The first-order chi connectivity index (χ1) is 12.5.